The van der Waals surface area contributed by atoms with Crippen molar-refractivity contribution in [2.24, 2.45) is 11.3 Å². The Kier molecular flexibility index (Phi) is 6.55. The molecule has 1 nitrogen and oxygen atoms in total. The van der Waals surface area contributed by atoms with E-state index in [-0.39, 0.29) is 0 Å². The molecule has 0 N–H and O–H groups in total. The third kappa shape index (κ3) is 5.76. The molecule has 88 valence electrons. The standard InChI is InChI=1S/C14H26O/c1-6-8-11-14(4,5)13(7-2)10-9-12(3)15/h6,13H,1,7-11H2,2-5H3. The average Bonchev–Trinajstić information content (AvgIpc) is 2.15. The second-order valence-corrected chi connectivity index (χ2v) is 5.16. The Labute approximate surface area is 95.0 Å². The summed E-state index contributed by atoms with van der Waals surface area (Å²) in [5, 5.41) is 0. The van der Waals surface area contributed by atoms with Gasteiger partial charge in [0, 0.05) is 6.42 Å². The van der Waals surface area contributed by atoms with Gasteiger partial charge in [-0.2, -0.15) is 0 Å². The van der Waals surface area contributed by atoms with Gasteiger partial charge in [-0.25, -0.2) is 0 Å². The molecular weight excluding hydrogens is 184 g/mol. The minimum atomic E-state index is 0.313. The highest BCUT2D eigenvalue weighted by atomic mass is 16.1. The third-order valence-corrected chi connectivity index (χ3v) is 3.44. The number of allylic oxidation sites excluding steroid dienone is 1. The zero-order valence-electron chi connectivity index (χ0n) is 10.8. The van der Waals surface area contributed by atoms with E-state index in [0.29, 0.717) is 17.1 Å². The minimum absolute atomic E-state index is 0.313. The molecule has 0 aliphatic carbocycles. The summed E-state index contributed by atoms with van der Waals surface area (Å²) in [6.45, 7) is 12.3. The van der Waals surface area contributed by atoms with Gasteiger partial charge in [0.1, 0.15) is 5.78 Å². The number of hydrogen-bond donors (Lipinski definition) is 0. The molecule has 0 aliphatic rings. The maximum Gasteiger partial charge on any atom is 0.129 e. The topological polar surface area (TPSA) is 17.1 Å². The summed E-state index contributed by atoms with van der Waals surface area (Å²) >= 11 is 0. The van der Waals surface area contributed by atoms with Gasteiger partial charge in [-0.05, 0) is 37.5 Å². The summed E-state index contributed by atoms with van der Waals surface area (Å²) < 4.78 is 0. The predicted molar refractivity (Wildman–Crippen MR) is 66.9 cm³/mol. The Morgan fingerprint density at radius 2 is 2.07 bits per heavy atom. The lowest BCUT2D eigenvalue weighted by atomic mass is 9.72. The van der Waals surface area contributed by atoms with Crippen LogP contribution in [0.4, 0.5) is 0 Å². The van der Waals surface area contributed by atoms with Gasteiger partial charge in [-0.1, -0.05) is 33.3 Å². The van der Waals surface area contributed by atoms with E-state index in [1.54, 1.807) is 6.92 Å². The number of hydrogen-bond acceptors (Lipinski definition) is 1. The molecule has 0 spiro atoms. The van der Waals surface area contributed by atoms with Crippen LogP contribution in [0.15, 0.2) is 12.7 Å². The van der Waals surface area contributed by atoms with Crippen molar-refractivity contribution in [1.29, 1.82) is 0 Å². The Balaban J connectivity index is 4.22. The molecule has 1 unspecified atom stereocenters. The first kappa shape index (κ1) is 14.4. The molecule has 0 aromatic rings. The average molecular weight is 210 g/mol. The molecule has 0 aliphatic heterocycles. The van der Waals surface area contributed by atoms with Crippen LogP contribution in [0.2, 0.25) is 0 Å². The molecule has 1 atom stereocenters. The molecule has 0 radical (unpaired) electrons. The van der Waals surface area contributed by atoms with Crippen molar-refractivity contribution < 1.29 is 4.79 Å². The highest BCUT2D eigenvalue weighted by Gasteiger charge is 2.27. The smallest absolute Gasteiger partial charge is 0.129 e. The quantitative estimate of drug-likeness (QED) is 0.543. The molecular formula is C14H26O. The Bertz CT molecular complexity index is 203. The van der Waals surface area contributed by atoms with Crippen molar-refractivity contribution in [3.05, 3.63) is 12.7 Å². The summed E-state index contributed by atoms with van der Waals surface area (Å²) in [6, 6.07) is 0. The fourth-order valence-corrected chi connectivity index (χ4v) is 2.20. The number of Topliss-reactive ketones (excluding diaryl/α,β-unsaturated/α-hetero) is 1. The van der Waals surface area contributed by atoms with Crippen LogP contribution in [0, 0.1) is 11.3 Å². The van der Waals surface area contributed by atoms with Gasteiger partial charge in [0.05, 0.1) is 0 Å². The first-order chi connectivity index (χ1) is 6.94. The molecule has 0 aromatic carbocycles. The number of rotatable bonds is 8. The lowest BCUT2D eigenvalue weighted by Gasteiger charge is -2.33. The molecule has 1 heteroatoms. The molecule has 0 heterocycles. The van der Waals surface area contributed by atoms with E-state index in [4.69, 9.17) is 0 Å². The van der Waals surface area contributed by atoms with E-state index in [1.807, 2.05) is 6.08 Å². The van der Waals surface area contributed by atoms with Crippen LogP contribution in [0.25, 0.3) is 0 Å². The second-order valence-electron chi connectivity index (χ2n) is 5.16. The first-order valence-corrected chi connectivity index (χ1v) is 6.04. The van der Waals surface area contributed by atoms with Crippen molar-refractivity contribution in [3.8, 4) is 0 Å². The van der Waals surface area contributed by atoms with Crippen LogP contribution in [0.3, 0.4) is 0 Å². The van der Waals surface area contributed by atoms with Gasteiger partial charge in [-0.3, -0.25) is 0 Å². The predicted octanol–water partition coefficient (Wildman–Crippen LogP) is 4.37. The van der Waals surface area contributed by atoms with E-state index >= 15 is 0 Å². The lowest BCUT2D eigenvalue weighted by molar-refractivity contribution is -0.117. The fraction of sp³-hybridized carbons (Fsp3) is 0.786. The molecule has 0 bridgehead atoms. The van der Waals surface area contributed by atoms with Gasteiger partial charge in [0.2, 0.25) is 0 Å². The van der Waals surface area contributed by atoms with E-state index in [0.717, 1.165) is 25.7 Å². The zero-order chi connectivity index (χ0) is 11.9. The summed E-state index contributed by atoms with van der Waals surface area (Å²) in [5.41, 5.74) is 0.332. The van der Waals surface area contributed by atoms with Crippen LogP contribution < -0.4 is 0 Å². The summed E-state index contributed by atoms with van der Waals surface area (Å²) in [4.78, 5) is 11.0. The SMILES string of the molecule is C=CCCC(C)(C)C(CC)CCC(C)=O. The molecule has 0 saturated carbocycles. The Hall–Kier alpha value is -0.590. The number of carbonyl (C=O) groups excluding carboxylic acids is 1. The van der Waals surface area contributed by atoms with Crippen LogP contribution >= 0.6 is 0 Å². The van der Waals surface area contributed by atoms with Crippen molar-refractivity contribution in [3.63, 3.8) is 0 Å². The van der Waals surface area contributed by atoms with Crippen LogP contribution in [0.5, 0.6) is 0 Å². The van der Waals surface area contributed by atoms with Crippen molar-refractivity contribution in [2.45, 2.75) is 59.8 Å². The van der Waals surface area contributed by atoms with E-state index in [1.165, 1.54) is 6.42 Å². The molecule has 0 aromatic heterocycles. The Morgan fingerprint density at radius 1 is 1.47 bits per heavy atom. The van der Waals surface area contributed by atoms with Crippen LogP contribution in [-0.4, -0.2) is 5.78 Å². The fourth-order valence-electron chi connectivity index (χ4n) is 2.20. The van der Waals surface area contributed by atoms with Crippen molar-refractivity contribution in [1.82, 2.24) is 0 Å². The number of carbonyl (C=O) groups is 1. The zero-order valence-corrected chi connectivity index (χ0v) is 10.8. The van der Waals surface area contributed by atoms with Crippen LogP contribution in [0.1, 0.15) is 59.8 Å². The molecule has 0 rings (SSSR count). The van der Waals surface area contributed by atoms with Gasteiger partial charge in [-0.15, -0.1) is 6.58 Å². The number of ketones is 1. The highest BCUT2D eigenvalue weighted by Crippen LogP contribution is 2.37. The third-order valence-electron chi connectivity index (χ3n) is 3.44. The Morgan fingerprint density at radius 3 is 2.47 bits per heavy atom. The largest absolute Gasteiger partial charge is 0.300 e. The summed E-state index contributed by atoms with van der Waals surface area (Å²) in [7, 11) is 0. The normalized spacial score (nSPS) is 13.6. The van der Waals surface area contributed by atoms with Gasteiger partial charge in [0.15, 0.2) is 0 Å². The van der Waals surface area contributed by atoms with E-state index < -0.39 is 0 Å². The minimum Gasteiger partial charge on any atom is -0.300 e. The lowest BCUT2D eigenvalue weighted by Crippen LogP contribution is -2.24. The van der Waals surface area contributed by atoms with Gasteiger partial charge in [0.25, 0.3) is 0 Å². The maximum atomic E-state index is 11.0. The van der Waals surface area contributed by atoms with E-state index in [2.05, 4.69) is 27.4 Å². The second kappa shape index (κ2) is 6.81. The molecule has 15 heavy (non-hydrogen) atoms. The van der Waals surface area contributed by atoms with E-state index in [9.17, 15) is 4.79 Å². The van der Waals surface area contributed by atoms with Gasteiger partial charge < -0.3 is 4.79 Å². The van der Waals surface area contributed by atoms with Crippen LogP contribution in [-0.2, 0) is 4.79 Å². The summed E-state index contributed by atoms with van der Waals surface area (Å²) in [5.74, 6) is 0.967. The molecule has 0 amide bonds. The monoisotopic (exact) mass is 210 g/mol. The van der Waals surface area contributed by atoms with Crippen molar-refractivity contribution in [2.75, 3.05) is 0 Å². The first-order valence-electron chi connectivity index (χ1n) is 6.04. The molecule has 0 fully saturated rings. The molecule has 0 saturated heterocycles. The maximum absolute atomic E-state index is 11.0. The summed E-state index contributed by atoms with van der Waals surface area (Å²) in [6.07, 6.45) is 7.17. The van der Waals surface area contributed by atoms with Gasteiger partial charge >= 0.3 is 0 Å². The van der Waals surface area contributed by atoms with Crippen molar-refractivity contribution >= 4 is 5.78 Å². The highest BCUT2D eigenvalue weighted by molar-refractivity contribution is 5.75.